The molecule has 1 heterocycles. The van der Waals surface area contributed by atoms with Crippen LogP contribution < -0.4 is 5.73 Å². The summed E-state index contributed by atoms with van der Waals surface area (Å²) in [7, 11) is 0. The molecular formula is C13H12INO2. The molecule has 2 N–H and O–H groups in total. The van der Waals surface area contributed by atoms with Gasteiger partial charge < -0.3 is 10.2 Å². The maximum absolute atomic E-state index is 11.9. The first-order valence-electron chi connectivity index (χ1n) is 5.25. The van der Waals surface area contributed by atoms with Crippen LogP contribution >= 0.6 is 22.6 Å². The molecule has 0 atom stereocenters. The Kier molecular flexibility index (Phi) is 3.96. The van der Waals surface area contributed by atoms with E-state index in [-0.39, 0.29) is 5.78 Å². The molecule has 4 heteroatoms. The number of carbonyl (C=O) groups excluding carboxylic acids is 1. The molecule has 2 rings (SSSR count). The van der Waals surface area contributed by atoms with Crippen molar-refractivity contribution in [2.24, 2.45) is 5.73 Å². The van der Waals surface area contributed by atoms with Gasteiger partial charge in [0, 0.05) is 9.99 Å². The average Bonchev–Trinajstić information content (AvgIpc) is 2.81. The summed E-state index contributed by atoms with van der Waals surface area (Å²) in [6.07, 6.45) is 0.356. The quantitative estimate of drug-likeness (QED) is 0.687. The Balaban J connectivity index is 2.08. The molecule has 0 radical (unpaired) electrons. The average molecular weight is 341 g/mol. The van der Waals surface area contributed by atoms with Crippen LogP contribution in [0.2, 0.25) is 0 Å². The van der Waals surface area contributed by atoms with Crippen molar-refractivity contribution in [2.45, 2.75) is 13.0 Å². The van der Waals surface area contributed by atoms with Crippen LogP contribution in [0, 0.1) is 3.57 Å². The van der Waals surface area contributed by atoms with Crippen LogP contribution in [-0.4, -0.2) is 5.78 Å². The van der Waals surface area contributed by atoms with Crippen molar-refractivity contribution in [1.82, 2.24) is 0 Å². The van der Waals surface area contributed by atoms with Gasteiger partial charge in [0.25, 0.3) is 0 Å². The molecule has 0 aliphatic heterocycles. The summed E-state index contributed by atoms with van der Waals surface area (Å²) in [5.74, 6) is 0.992. The van der Waals surface area contributed by atoms with E-state index >= 15 is 0 Å². The van der Waals surface area contributed by atoms with Crippen LogP contribution in [0.4, 0.5) is 0 Å². The van der Waals surface area contributed by atoms with E-state index in [1.807, 2.05) is 24.3 Å². The third-order valence-corrected chi connectivity index (χ3v) is 3.13. The Labute approximate surface area is 113 Å². The molecule has 0 saturated carbocycles. The monoisotopic (exact) mass is 341 g/mol. The van der Waals surface area contributed by atoms with E-state index in [1.165, 1.54) is 0 Å². The minimum Gasteiger partial charge on any atom is -0.457 e. The molecule has 88 valence electrons. The highest BCUT2D eigenvalue weighted by Crippen LogP contribution is 2.13. The molecular weight excluding hydrogens is 329 g/mol. The minimum absolute atomic E-state index is 0.0223. The van der Waals surface area contributed by atoms with Crippen molar-refractivity contribution in [1.29, 1.82) is 0 Å². The lowest BCUT2D eigenvalue weighted by Gasteiger charge is -1.99. The highest BCUT2D eigenvalue weighted by molar-refractivity contribution is 14.1. The second kappa shape index (κ2) is 5.46. The van der Waals surface area contributed by atoms with Crippen molar-refractivity contribution >= 4 is 28.4 Å². The van der Waals surface area contributed by atoms with Gasteiger partial charge in [0.05, 0.1) is 6.54 Å². The van der Waals surface area contributed by atoms with Gasteiger partial charge in [0.1, 0.15) is 5.76 Å². The number of hydrogen-bond donors (Lipinski definition) is 1. The molecule has 0 aliphatic rings. The smallest absolute Gasteiger partial charge is 0.202 e. The van der Waals surface area contributed by atoms with Crippen molar-refractivity contribution in [3.05, 3.63) is 57.1 Å². The second-order valence-electron chi connectivity index (χ2n) is 3.70. The third-order valence-electron chi connectivity index (χ3n) is 2.42. The molecule has 0 saturated heterocycles. The van der Waals surface area contributed by atoms with Gasteiger partial charge in [-0.15, -0.1) is 0 Å². The Hall–Kier alpha value is -1.14. The minimum atomic E-state index is -0.0223. The molecule has 17 heavy (non-hydrogen) atoms. The molecule has 1 aromatic heterocycles. The number of Topliss-reactive ketones (excluding diaryl/α,β-unsaturated/α-hetero) is 1. The summed E-state index contributed by atoms with van der Waals surface area (Å²) in [5, 5.41) is 0. The standard InChI is InChI=1S/C13H12INO2/c14-10-3-1-9(2-4-10)7-12(16)13-6-5-11(8-15)17-13/h1-6H,7-8,15H2. The maximum Gasteiger partial charge on any atom is 0.202 e. The molecule has 2 aromatic rings. The fourth-order valence-corrected chi connectivity index (χ4v) is 1.87. The Bertz CT molecular complexity index is 516. The molecule has 0 unspecified atom stereocenters. The largest absolute Gasteiger partial charge is 0.457 e. The van der Waals surface area contributed by atoms with Crippen molar-refractivity contribution in [2.75, 3.05) is 0 Å². The summed E-state index contributed by atoms with van der Waals surface area (Å²) in [6, 6.07) is 11.3. The Morgan fingerprint density at radius 3 is 2.47 bits per heavy atom. The SMILES string of the molecule is NCc1ccc(C(=O)Cc2ccc(I)cc2)o1. The number of carbonyl (C=O) groups is 1. The topological polar surface area (TPSA) is 56.2 Å². The van der Waals surface area contributed by atoms with E-state index in [2.05, 4.69) is 22.6 Å². The number of ketones is 1. The lowest BCUT2D eigenvalue weighted by molar-refractivity contribution is 0.0964. The lowest BCUT2D eigenvalue weighted by atomic mass is 10.1. The van der Waals surface area contributed by atoms with E-state index < -0.39 is 0 Å². The fraction of sp³-hybridized carbons (Fsp3) is 0.154. The summed E-state index contributed by atoms with van der Waals surface area (Å²) in [4.78, 5) is 11.9. The lowest BCUT2D eigenvalue weighted by Crippen LogP contribution is -2.02. The number of benzene rings is 1. The van der Waals surface area contributed by atoms with Gasteiger partial charge in [-0.05, 0) is 52.4 Å². The predicted octanol–water partition coefficient (Wildman–Crippen LogP) is 2.77. The zero-order valence-corrected chi connectivity index (χ0v) is 11.3. The number of furan rings is 1. The van der Waals surface area contributed by atoms with Gasteiger partial charge in [-0.3, -0.25) is 4.79 Å². The Morgan fingerprint density at radius 1 is 1.18 bits per heavy atom. The summed E-state index contributed by atoms with van der Waals surface area (Å²) >= 11 is 2.23. The summed E-state index contributed by atoms with van der Waals surface area (Å²) in [5.41, 5.74) is 6.41. The van der Waals surface area contributed by atoms with Gasteiger partial charge in [-0.25, -0.2) is 0 Å². The fourth-order valence-electron chi connectivity index (χ4n) is 1.51. The van der Waals surface area contributed by atoms with E-state index in [0.29, 0.717) is 24.5 Å². The normalized spacial score (nSPS) is 10.5. The van der Waals surface area contributed by atoms with E-state index in [1.54, 1.807) is 12.1 Å². The number of hydrogen-bond acceptors (Lipinski definition) is 3. The summed E-state index contributed by atoms with van der Waals surface area (Å²) < 4.78 is 6.47. The molecule has 0 spiro atoms. The first-order chi connectivity index (χ1) is 8.19. The van der Waals surface area contributed by atoms with E-state index in [0.717, 1.165) is 9.13 Å². The van der Waals surface area contributed by atoms with Crippen LogP contribution in [0.5, 0.6) is 0 Å². The van der Waals surface area contributed by atoms with Gasteiger partial charge in [-0.1, -0.05) is 12.1 Å². The molecule has 3 nitrogen and oxygen atoms in total. The van der Waals surface area contributed by atoms with Gasteiger partial charge in [0.2, 0.25) is 5.78 Å². The van der Waals surface area contributed by atoms with Crippen LogP contribution in [0.1, 0.15) is 21.9 Å². The van der Waals surface area contributed by atoms with Crippen LogP contribution in [0.15, 0.2) is 40.8 Å². The second-order valence-corrected chi connectivity index (χ2v) is 4.94. The maximum atomic E-state index is 11.9. The number of nitrogens with two attached hydrogens (primary N) is 1. The zero-order chi connectivity index (χ0) is 12.3. The molecule has 0 bridgehead atoms. The number of rotatable bonds is 4. The molecule has 0 fully saturated rings. The van der Waals surface area contributed by atoms with E-state index in [4.69, 9.17) is 10.2 Å². The van der Waals surface area contributed by atoms with Gasteiger partial charge in [-0.2, -0.15) is 0 Å². The van der Waals surface area contributed by atoms with E-state index in [9.17, 15) is 4.79 Å². The highest BCUT2D eigenvalue weighted by Gasteiger charge is 2.11. The zero-order valence-electron chi connectivity index (χ0n) is 9.15. The van der Waals surface area contributed by atoms with Crippen molar-refractivity contribution in [3.63, 3.8) is 0 Å². The van der Waals surface area contributed by atoms with Gasteiger partial charge in [0.15, 0.2) is 5.76 Å². The first-order valence-corrected chi connectivity index (χ1v) is 6.33. The first kappa shape index (κ1) is 12.3. The molecule has 1 aromatic carbocycles. The molecule has 0 aliphatic carbocycles. The number of halogens is 1. The van der Waals surface area contributed by atoms with Crippen LogP contribution in [0.25, 0.3) is 0 Å². The van der Waals surface area contributed by atoms with Crippen LogP contribution in [0.3, 0.4) is 0 Å². The van der Waals surface area contributed by atoms with Gasteiger partial charge >= 0.3 is 0 Å². The van der Waals surface area contributed by atoms with Crippen molar-refractivity contribution < 1.29 is 9.21 Å². The predicted molar refractivity (Wildman–Crippen MR) is 73.8 cm³/mol. The third kappa shape index (κ3) is 3.17. The van der Waals surface area contributed by atoms with Crippen LogP contribution in [-0.2, 0) is 13.0 Å². The highest BCUT2D eigenvalue weighted by atomic mass is 127. The summed E-state index contributed by atoms with van der Waals surface area (Å²) in [6.45, 7) is 0.316. The van der Waals surface area contributed by atoms with Crippen molar-refractivity contribution in [3.8, 4) is 0 Å². The Morgan fingerprint density at radius 2 is 1.88 bits per heavy atom. The molecule has 0 amide bonds.